The molecule has 0 aliphatic heterocycles. The van der Waals surface area contributed by atoms with Crippen LogP contribution in [0.15, 0.2) is 30.3 Å². The Balaban J connectivity index is 2.36. The fraction of sp³-hybridized carbons (Fsp3) is 0.300. The Hall–Kier alpha value is -1.55. The first-order valence-electron chi connectivity index (χ1n) is 4.43. The summed E-state index contributed by atoms with van der Waals surface area (Å²) < 4.78 is 4.59. The second-order valence-corrected chi connectivity index (χ2v) is 2.97. The minimum Gasteiger partial charge on any atom is -0.450 e. The molecule has 0 radical (unpaired) electrons. The lowest BCUT2D eigenvalue weighted by Crippen LogP contribution is -2.18. The van der Waals surface area contributed by atoms with Gasteiger partial charge in [-0.1, -0.05) is 30.3 Å². The second-order valence-electron chi connectivity index (χ2n) is 2.97. The molecule has 14 heavy (non-hydrogen) atoms. The zero-order valence-electron chi connectivity index (χ0n) is 7.85. The maximum Gasteiger partial charge on any atom is 0.404 e. The molecule has 0 unspecified atom stereocenters. The van der Waals surface area contributed by atoms with Gasteiger partial charge in [0.1, 0.15) is 0 Å². The maximum absolute atomic E-state index is 10.3. The van der Waals surface area contributed by atoms with E-state index in [0.717, 1.165) is 5.56 Å². The fourth-order valence-corrected chi connectivity index (χ4v) is 1.15. The summed E-state index contributed by atoms with van der Waals surface area (Å²) in [6.45, 7) is 0.255. The van der Waals surface area contributed by atoms with Crippen molar-refractivity contribution in [2.45, 2.75) is 12.5 Å². The van der Waals surface area contributed by atoms with Gasteiger partial charge >= 0.3 is 6.09 Å². The third-order valence-corrected chi connectivity index (χ3v) is 1.90. The third kappa shape index (κ3) is 3.45. The van der Waals surface area contributed by atoms with Crippen molar-refractivity contribution < 1.29 is 9.53 Å². The molecular weight excluding hydrogens is 180 g/mol. The number of carbonyl (C=O) groups is 1. The van der Waals surface area contributed by atoms with Crippen molar-refractivity contribution in [2.24, 2.45) is 11.5 Å². The molecule has 0 aliphatic carbocycles. The van der Waals surface area contributed by atoms with E-state index in [0.29, 0.717) is 6.42 Å². The van der Waals surface area contributed by atoms with E-state index in [1.54, 1.807) is 0 Å². The molecule has 0 saturated heterocycles. The van der Waals surface area contributed by atoms with Crippen molar-refractivity contribution in [3.05, 3.63) is 35.9 Å². The topological polar surface area (TPSA) is 78.3 Å². The minimum absolute atomic E-state index is 0.115. The molecule has 4 N–H and O–H groups in total. The van der Waals surface area contributed by atoms with Crippen LogP contribution >= 0.6 is 0 Å². The lowest BCUT2D eigenvalue weighted by atomic mass is 10.1. The summed E-state index contributed by atoms with van der Waals surface area (Å²) in [5.74, 6) is 0. The number of rotatable bonds is 4. The van der Waals surface area contributed by atoms with E-state index in [1.807, 2.05) is 30.3 Å². The van der Waals surface area contributed by atoms with E-state index in [-0.39, 0.29) is 12.6 Å². The summed E-state index contributed by atoms with van der Waals surface area (Å²) in [5, 5.41) is 0. The number of nitrogens with two attached hydrogens (primary N) is 2. The van der Waals surface area contributed by atoms with Gasteiger partial charge in [0.25, 0.3) is 0 Å². The summed E-state index contributed by atoms with van der Waals surface area (Å²) in [6, 6.07) is 9.53. The van der Waals surface area contributed by atoms with Gasteiger partial charge in [-0.3, -0.25) is 0 Å². The number of benzene rings is 1. The van der Waals surface area contributed by atoms with Crippen LogP contribution in [0.4, 0.5) is 4.79 Å². The van der Waals surface area contributed by atoms with Crippen LogP contribution < -0.4 is 11.5 Å². The van der Waals surface area contributed by atoms with Crippen molar-refractivity contribution in [2.75, 3.05) is 6.61 Å². The number of hydrogen-bond donors (Lipinski definition) is 2. The number of hydrogen-bond acceptors (Lipinski definition) is 3. The van der Waals surface area contributed by atoms with Crippen LogP contribution in [0, 0.1) is 0 Å². The molecule has 76 valence electrons. The standard InChI is InChI=1S/C10H14N2O2/c11-9(6-7-14-10(12)13)8-4-2-1-3-5-8/h1-5,9H,6-7,11H2,(H2,12,13)/t9-/m1/s1. The van der Waals surface area contributed by atoms with Gasteiger partial charge in [-0.25, -0.2) is 4.79 Å². The zero-order chi connectivity index (χ0) is 10.4. The normalized spacial score (nSPS) is 12.1. The largest absolute Gasteiger partial charge is 0.450 e. The van der Waals surface area contributed by atoms with E-state index in [1.165, 1.54) is 0 Å². The molecule has 0 saturated carbocycles. The molecule has 1 aromatic rings. The Morgan fingerprint density at radius 2 is 2.00 bits per heavy atom. The molecule has 0 spiro atoms. The SMILES string of the molecule is NC(=O)OCC[C@@H](N)c1ccccc1. The van der Waals surface area contributed by atoms with E-state index < -0.39 is 6.09 Å². The van der Waals surface area contributed by atoms with Crippen LogP contribution in [0.25, 0.3) is 0 Å². The summed E-state index contributed by atoms with van der Waals surface area (Å²) in [7, 11) is 0. The van der Waals surface area contributed by atoms with Crippen LogP contribution in [0.2, 0.25) is 0 Å². The Bertz CT molecular complexity index is 287. The highest BCUT2D eigenvalue weighted by atomic mass is 16.5. The van der Waals surface area contributed by atoms with Crippen molar-refractivity contribution in [1.29, 1.82) is 0 Å². The van der Waals surface area contributed by atoms with Crippen LogP contribution in [-0.4, -0.2) is 12.7 Å². The van der Waals surface area contributed by atoms with Gasteiger partial charge in [0.05, 0.1) is 6.61 Å². The Morgan fingerprint density at radius 3 is 2.57 bits per heavy atom. The van der Waals surface area contributed by atoms with Gasteiger partial charge in [0.15, 0.2) is 0 Å². The average molecular weight is 194 g/mol. The predicted molar refractivity (Wildman–Crippen MR) is 53.5 cm³/mol. The molecule has 1 aromatic carbocycles. The molecule has 0 aromatic heterocycles. The van der Waals surface area contributed by atoms with Crippen LogP contribution in [0.1, 0.15) is 18.0 Å². The molecule has 4 heteroatoms. The lowest BCUT2D eigenvalue weighted by molar-refractivity contribution is 0.153. The summed E-state index contributed by atoms with van der Waals surface area (Å²) in [5.41, 5.74) is 11.7. The minimum atomic E-state index is -0.759. The van der Waals surface area contributed by atoms with Crippen LogP contribution in [-0.2, 0) is 4.74 Å². The van der Waals surface area contributed by atoms with Gasteiger partial charge in [-0.2, -0.15) is 0 Å². The molecule has 1 atom stereocenters. The van der Waals surface area contributed by atoms with E-state index in [4.69, 9.17) is 11.5 Å². The van der Waals surface area contributed by atoms with Gasteiger partial charge in [-0.15, -0.1) is 0 Å². The fourth-order valence-electron chi connectivity index (χ4n) is 1.15. The molecule has 1 amide bonds. The van der Waals surface area contributed by atoms with Crippen molar-refractivity contribution in [3.8, 4) is 0 Å². The van der Waals surface area contributed by atoms with E-state index in [9.17, 15) is 4.79 Å². The molecular formula is C10H14N2O2. The highest BCUT2D eigenvalue weighted by molar-refractivity contribution is 5.64. The Labute approximate surface area is 82.8 Å². The molecule has 4 nitrogen and oxygen atoms in total. The Morgan fingerprint density at radius 1 is 1.36 bits per heavy atom. The van der Waals surface area contributed by atoms with Crippen LogP contribution in [0.5, 0.6) is 0 Å². The number of ether oxygens (including phenoxy) is 1. The molecule has 0 aliphatic rings. The first-order chi connectivity index (χ1) is 6.70. The van der Waals surface area contributed by atoms with Gasteiger partial charge in [-0.05, 0) is 5.56 Å². The third-order valence-electron chi connectivity index (χ3n) is 1.90. The van der Waals surface area contributed by atoms with Crippen molar-refractivity contribution in [1.82, 2.24) is 0 Å². The average Bonchev–Trinajstić information content (AvgIpc) is 2.18. The summed E-state index contributed by atoms with van der Waals surface area (Å²) in [6.07, 6.45) is -0.183. The number of carbonyl (C=O) groups excluding carboxylic acids is 1. The maximum atomic E-state index is 10.3. The van der Waals surface area contributed by atoms with Crippen molar-refractivity contribution in [3.63, 3.8) is 0 Å². The van der Waals surface area contributed by atoms with Gasteiger partial charge in [0.2, 0.25) is 0 Å². The molecule has 0 bridgehead atoms. The molecule has 0 heterocycles. The second kappa shape index (κ2) is 5.24. The predicted octanol–water partition coefficient (Wildman–Crippen LogP) is 1.17. The zero-order valence-corrected chi connectivity index (χ0v) is 7.85. The number of amides is 1. The first-order valence-corrected chi connectivity index (χ1v) is 4.43. The molecule has 1 rings (SSSR count). The highest BCUT2D eigenvalue weighted by Crippen LogP contribution is 2.12. The quantitative estimate of drug-likeness (QED) is 0.755. The van der Waals surface area contributed by atoms with E-state index >= 15 is 0 Å². The van der Waals surface area contributed by atoms with Gasteiger partial charge < -0.3 is 16.2 Å². The lowest BCUT2D eigenvalue weighted by Gasteiger charge is -2.10. The number of primary amides is 1. The first kappa shape index (κ1) is 10.5. The van der Waals surface area contributed by atoms with Crippen molar-refractivity contribution >= 4 is 6.09 Å². The summed E-state index contributed by atoms with van der Waals surface area (Å²) in [4.78, 5) is 10.3. The van der Waals surface area contributed by atoms with E-state index in [2.05, 4.69) is 4.74 Å². The summed E-state index contributed by atoms with van der Waals surface area (Å²) >= 11 is 0. The Kier molecular flexibility index (Phi) is 3.94. The smallest absolute Gasteiger partial charge is 0.404 e. The van der Waals surface area contributed by atoms with Gasteiger partial charge in [0, 0.05) is 12.5 Å². The monoisotopic (exact) mass is 194 g/mol. The highest BCUT2D eigenvalue weighted by Gasteiger charge is 2.05. The van der Waals surface area contributed by atoms with Crippen LogP contribution in [0.3, 0.4) is 0 Å². The molecule has 0 fully saturated rings.